The number of pyridine rings is 3. The van der Waals surface area contributed by atoms with Crippen molar-refractivity contribution < 1.29 is 60.3 Å². The van der Waals surface area contributed by atoms with E-state index in [1.807, 2.05) is 73.2 Å². The van der Waals surface area contributed by atoms with Gasteiger partial charge in [-0.25, -0.2) is 0 Å². The van der Waals surface area contributed by atoms with Gasteiger partial charge >= 0.3 is 0 Å². The van der Waals surface area contributed by atoms with Crippen molar-refractivity contribution >= 4 is 64.6 Å². The first-order chi connectivity index (χ1) is 29.8. The van der Waals surface area contributed by atoms with Crippen LogP contribution in [0.4, 0.5) is 0 Å². The molecule has 0 saturated carbocycles. The molecule has 0 amide bonds. The quantitative estimate of drug-likeness (QED) is 0.131. The van der Waals surface area contributed by atoms with Gasteiger partial charge in [0.15, 0.2) is 0 Å². The summed E-state index contributed by atoms with van der Waals surface area (Å²) in [6, 6.07) is 78.3. The molecule has 3 radical (unpaired) electrons. The Morgan fingerprint density at radius 2 is 0.524 bits per heavy atom. The Morgan fingerprint density at radius 1 is 0.238 bits per heavy atom. The molecule has 0 saturated heterocycles. The second-order valence-corrected chi connectivity index (χ2v) is 14.5. The van der Waals surface area contributed by atoms with Crippen molar-refractivity contribution in [2.24, 2.45) is 0 Å². The van der Waals surface area contributed by atoms with Crippen molar-refractivity contribution in [1.29, 1.82) is 0 Å². The molecule has 6 heteroatoms. The third kappa shape index (κ3) is 9.35. The van der Waals surface area contributed by atoms with E-state index < -0.39 is 0 Å². The summed E-state index contributed by atoms with van der Waals surface area (Å²) in [5, 5.41) is 14.8. The molecule has 63 heavy (non-hydrogen) atoms. The molecule has 12 aromatic rings. The molecule has 309 valence electrons. The number of hydrogen-bond donors (Lipinski definition) is 0. The Bertz CT molecular complexity index is 3070. The second kappa shape index (κ2) is 20.9. The fourth-order valence-electron chi connectivity index (χ4n) is 8.08. The topological polar surface area (TPSA) is 38.7 Å². The standard InChI is InChI=1S/3C19H12N.3Ir/c3*1-2-7-15(8-3-1)19-18-11-10-14-6-4-5-9-16(14)17(18)12-13-20-19;;;/h3*1-7,9-13H;;;/q3*-1;;;. The zero-order chi connectivity index (χ0) is 40.1. The molecular formula is C57H36Ir3N3-3. The Morgan fingerprint density at radius 3 is 0.810 bits per heavy atom. The van der Waals surface area contributed by atoms with Gasteiger partial charge in [-0.2, -0.15) is 0 Å². The third-order valence-corrected chi connectivity index (χ3v) is 10.9. The van der Waals surface area contributed by atoms with Gasteiger partial charge in [-0.05, 0) is 99.9 Å². The van der Waals surface area contributed by atoms with Crippen molar-refractivity contribution in [2.45, 2.75) is 0 Å². The van der Waals surface area contributed by atoms with Crippen molar-refractivity contribution in [3.05, 3.63) is 237 Å². The zero-order valence-corrected chi connectivity index (χ0v) is 40.8. The van der Waals surface area contributed by atoms with Crippen LogP contribution in [0.5, 0.6) is 0 Å². The van der Waals surface area contributed by atoms with E-state index in [1.54, 1.807) is 0 Å². The molecule has 3 heterocycles. The predicted molar refractivity (Wildman–Crippen MR) is 251 cm³/mol. The fraction of sp³-hybridized carbons (Fsp3) is 0. The van der Waals surface area contributed by atoms with E-state index in [9.17, 15) is 0 Å². The summed E-state index contributed by atoms with van der Waals surface area (Å²) in [5.41, 5.74) is 6.09. The summed E-state index contributed by atoms with van der Waals surface area (Å²) in [5.74, 6) is 0. The van der Waals surface area contributed by atoms with Gasteiger partial charge in [0.2, 0.25) is 0 Å². The molecular weight excluding hydrogens is 1300 g/mol. The van der Waals surface area contributed by atoms with Crippen molar-refractivity contribution in [3.63, 3.8) is 0 Å². The molecule has 0 aliphatic heterocycles. The third-order valence-electron chi connectivity index (χ3n) is 10.9. The number of rotatable bonds is 3. The Hall–Kier alpha value is -6.06. The van der Waals surface area contributed by atoms with Crippen LogP contribution in [0.2, 0.25) is 0 Å². The summed E-state index contributed by atoms with van der Waals surface area (Å²) in [7, 11) is 0. The predicted octanol–water partition coefficient (Wildman–Crippen LogP) is 14.6. The number of fused-ring (bicyclic) bond motifs is 9. The molecule has 0 N–H and O–H groups in total. The Labute approximate surface area is 407 Å². The summed E-state index contributed by atoms with van der Waals surface area (Å²) in [4.78, 5) is 13.7. The van der Waals surface area contributed by atoms with Crippen LogP contribution >= 0.6 is 0 Å². The van der Waals surface area contributed by atoms with Gasteiger partial charge in [0.05, 0.1) is 0 Å². The van der Waals surface area contributed by atoms with Gasteiger partial charge in [0.25, 0.3) is 0 Å². The van der Waals surface area contributed by atoms with Crippen LogP contribution in [0, 0.1) is 18.2 Å². The first-order valence-electron chi connectivity index (χ1n) is 20.0. The summed E-state index contributed by atoms with van der Waals surface area (Å²) < 4.78 is 0. The van der Waals surface area contributed by atoms with Gasteiger partial charge < -0.3 is 15.0 Å². The molecule has 0 atom stereocenters. The van der Waals surface area contributed by atoms with Gasteiger partial charge in [0, 0.05) is 78.9 Å². The van der Waals surface area contributed by atoms with E-state index in [-0.39, 0.29) is 60.3 Å². The van der Waals surface area contributed by atoms with Gasteiger partial charge in [-0.15, -0.1) is 108 Å². The van der Waals surface area contributed by atoms with E-state index in [1.165, 1.54) is 64.6 Å². The Balaban J connectivity index is 0.000000138. The summed E-state index contributed by atoms with van der Waals surface area (Å²) in [6.45, 7) is 0. The first-order valence-corrected chi connectivity index (χ1v) is 20.0. The maximum atomic E-state index is 4.55. The normalized spacial score (nSPS) is 10.5. The molecule has 3 nitrogen and oxygen atoms in total. The number of aromatic nitrogens is 3. The molecule has 0 aliphatic rings. The van der Waals surface area contributed by atoms with E-state index in [4.69, 9.17) is 0 Å². The largest absolute Gasteiger partial charge is 0.304 e. The summed E-state index contributed by atoms with van der Waals surface area (Å²) >= 11 is 0. The smallest absolute Gasteiger partial charge is 0.0167 e. The van der Waals surface area contributed by atoms with Crippen molar-refractivity contribution in [1.82, 2.24) is 15.0 Å². The fourth-order valence-corrected chi connectivity index (χ4v) is 8.08. The molecule has 0 aliphatic carbocycles. The minimum absolute atomic E-state index is 0. The molecule has 12 rings (SSSR count). The van der Waals surface area contributed by atoms with E-state index >= 15 is 0 Å². The number of hydrogen-bond acceptors (Lipinski definition) is 3. The molecule has 0 bridgehead atoms. The van der Waals surface area contributed by atoms with Crippen LogP contribution in [0.1, 0.15) is 0 Å². The second-order valence-electron chi connectivity index (χ2n) is 14.5. The minimum atomic E-state index is 0. The maximum Gasteiger partial charge on any atom is 0.0167 e. The van der Waals surface area contributed by atoms with Gasteiger partial charge in [-0.3, -0.25) is 0 Å². The monoisotopic (exact) mass is 1340 g/mol. The summed E-state index contributed by atoms with van der Waals surface area (Å²) in [6.07, 6.45) is 5.64. The van der Waals surface area contributed by atoms with Crippen LogP contribution in [0.25, 0.3) is 98.4 Å². The van der Waals surface area contributed by atoms with Crippen molar-refractivity contribution in [2.75, 3.05) is 0 Å². The SMILES string of the molecule is [Ir].[Ir].[Ir].[c-]1ccccc1-c1nccc2c1ccc1ccccc12.[c-]1ccccc1-c1nccc2c1ccc1ccccc12.[c-]1ccccc1-c1nccc2c1ccc1ccccc12. The maximum absolute atomic E-state index is 4.55. The minimum Gasteiger partial charge on any atom is -0.304 e. The molecule has 0 fully saturated rings. The molecule has 0 spiro atoms. The number of nitrogens with zero attached hydrogens (tertiary/aromatic N) is 3. The van der Waals surface area contributed by atoms with E-state index in [0.29, 0.717) is 0 Å². The molecule has 3 aromatic heterocycles. The van der Waals surface area contributed by atoms with Crippen LogP contribution in [0.3, 0.4) is 0 Å². The van der Waals surface area contributed by atoms with Gasteiger partial charge in [0.1, 0.15) is 0 Å². The van der Waals surface area contributed by atoms with Crippen LogP contribution < -0.4 is 0 Å². The Kier molecular flexibility index (Phi) is 14.9. The average molecular weight is 1340 g/mol. The zero-order valence-electron chi connectivity index (χ0n) is 33.6. The van der Waals surface area contributed by atoms with Crippen LogP contribution in [-0.2, 0) is 60.3 Å². The molecule has 0 unspecified atom stereocenters. The first kappa shape index (κ1) is 45.0. The average Bonchev–Trinajstić information content (AvgIpc) is 3.34. The number of benzene rings is 9. The van der Waals surface area contributed by atoms with E-state index in [2.05, 4.69) is 179 Å². The van der Waals surface area contributed by atoms with Crippen molar-refractivity contribution in [3.8, 4) is 33.8 Å². The van der Waals surface area contributed by atoms with Crippen LogP contribution in [0.15, 0.2) is 219 Å². The van der Waals surface area contributed by atoms with Gasteiger partial charge in [-0.1, -0.05) is 109 Å². The molecule has 9 aromatic carbocycles. The van der Waals surface area contributed by atoms with E-state index in [0.717, 1.165) is 33.8 Å². The van der Waals surface area contributed by atoms with Crippen LogP contribution in [-0.4, -0.2) is 15.0 Å².